The quantitative estimate of drug-likeness (QED) is 0.610. The molecular formula is C13H19FN2O3. The Labute approximate surface area is 111 Å². The molecule has 0 fully saturated rings. The number of phenolic OH excluding ortho intramolecular Hbond substituents is 1. The SMILES string of the molecule is COCCNC(=O)CCNCc1ccc(O)c(F)c1. The van der Waals surface area contributed by atoms with Gasteiger partial charge in [-0.15, -0.1) is 0 Å². The number of ether oxygens (including phenoxy) is 1. The van der Waals surface area contributed by atoms with E-state index in [0.29, 0.717) is 32.7 Å². The number of phenols is 1. The van der Waals surface area contributed by atoms with Crippen molar-refractivity contribution in [3.05, 3.63) is 29.6 Å². The molecule has 0 aliphatic carbocycles. The lowest BCUT2D eigenvalue weighted by molar-refractivity contribution is -0.121. The monoisotopic (exact) mass is 270 g/mol. The summed E-state index contributed by atoms with van der Waals surface area (Å²) in [5, 5.41) is 14.8. The summed E-state index contributed by atoms with van der Waals surface area (Å²) < 4.78 is 17.8. The molecule has 0 heterocycles. The summed E-state index contributed by atoms with van der Waals surface area (Å²) in [6.07, 6.45) is 0.351. The first-order valence-electron chi connectivity index (χ1n) is 6.07. The minimum atomic E-state index is -0.642. The molecule has 19 heavy (non-hydrogen) atoms. The van der Waals surface area contributed by atoms with E-state index in [2.05, 4.69) is 10.6 Å². The Morgan fingerprint density at radius 1 is 1.42 bits per heavy atom. The van der Waals surface area contributed by atoms with E-state index in [4.69, 9.17) is 9.84 Å². The minimum absolute atomic E-state index is 0.0542. The number of carbonyl (C=O) groups is 1. The largest absolute Gasteiger partial charge is 0.505 e. The summed E-state index contributed by atoms with van der Waals surface area (Å²) in [5.74, 6) is -1.06. The first kappa shape index (κ1) is 15.4. The van der Waals surface area contributed by atoms with Gasteiger partial charge in [0.15, 0.2) is 11.6 Å². The van der Waals surface area contributed by atoms with Gasteiger partial charge < -0.3 is 20.5 Å². The Balaban J connectivity index is 2.16. The Kier molecular flexibility index (Phi) is 6.84. The number of hydrogen-bond acceptors (Lipinski definition) is 4. The second kappa shape index (κ2) is 8.44. The maximum Gasteiger partial charge on any atom is 0.221 e. The van der Waals surface area contributed by atoms with E-state index in [0.717, 1.165) is 5.56 Å². The van der Waals surface area contributed by atoms with Gasteiger partial charge in [0.1, 0.15) is 0 Å². The van der Waals surface area contributed by atoms with Crippen molar-refractivity contribution in [1.29, 1.82) is 0 Å². The third-order valence-electron chi connectivity index (χ3n) is 2.50. The Bertz CT molecular complexity index is 413. The van der Waals surface area contributed by atoms with E-state index in [9.17, 15) is 9.18 Å². The summed E-state index contributed by atoms with van der Waals surface area (Å²) in [6, 6.07) is 4.20. The van der Waals surface area contributed by atoms with Crippen LogP contribution in [-0.2, 0) is 16.1 Å². The first-order valence-corrected chi connectivity index (χ1v) is 6.07. The average Bonchev–Trinajstić information content (AvgIpc) is 2.39. The summed E-state index contributed by atoms with van der Waals surface area (Å²) in [5.41, 5.74) is 0.718. The molecule has 1 rings (SSSR count). The van der Waals surface area contributed by atoms with Crippen molar-refractivity contribution in [2.24, 2.45) is 0 Å². The number of halogens is 1. The van der Waals surface area contributed by atoms with E-state index in [-0.39, 0.29) is 11.7 Å². The summed E-state index contributed by atoms with van der Waals surface area (Å²) in [7, 11) is 1.57. The van der Waals surface area contributed by atoms with Crippen LogP contribution < -0.4 is 10.6 Å². The van der Waals surface area contributed by atoms with Crippen molar-refractivity contribution < 1.29 is 19.0 Å². The second-order valence-electron chi connectivity index (χ2n) is 4.06. The fourth-order valence-electron chi connectivity index (χ4n) is 1.48. The number of hydrogen-bond donors (Lipinski definition) is 3. The van der Waals surface area contributed by atoms with Gasteiger partial charge in [-0.3, -0.25) is 4.79 Å². The summed E-state index contributed by atoms with van der Waals surface area (Å²) in [4.78, 5) is 11.3. The molecule has 0 atom stereocenters. The van der Waals surface area contributed by atoms with Gasteiger partial charge in [0.2, 0.25) is 5.91 Å². The predicted molar refractivity (Wildman–Crippen MR) is 69.3 cm³/mol. The van der Waals surface area contributed by atoms with Gasteiger partial charge in [-0.1, -0.05) is 6.07 Å². The Morgan fingerprint density at radius 2 is 2.21 bits per heavy atom. The highest BCUT2D eigenvalue weighted by molar-refractivity contribution is 5.76. The highest BCUT2D eigenvalue weighted by Crippen LogP contribution is 2.15. The number of aromatic hydroxyl groups is 1. The molecule has 0 saturated carbocycles. The molecule has 0 radical (unpaired) electrons. The third-order valence-corrected chi connectivity index (χ3v) is 2.50. The van der Waals surface area contributed by atoms with Crippen LogP contribution in [0.5, 0.6) is 5.75 Å². The zero-order chi connectivity index (χ0) is 14.1. The molecule has 0 saturated heterocycles. The molecule has 0 spiro atoms. The van der Waals surface area contributed by atoms with Crippen LogP contribution in [0.25, 0.3) is 0 Å². The van der Waals surface area contributed by atoms with Gasteiger partial charge in [-0.25, -0.2) is 4.39 Å². The van der Waals surface area contributed by atoms with Gasteiger partial charge >= 0.3 is 0 Å². The predicted octanol–water partition coefficient (Wildman–Crippen LogP) is 0.774. The highest BCUT2D eigenvalue weighted by atomic mass is 19.1. The number of rotatable bonds is 8. The van der Waals surface area contributed by atoms with Crippen molar-refractivity contribution in [2.45, 2.75) is 13.0 Å². The van der Waals surface area contributed by atoms with Gasteiger partial charge in [-0.05, 0) is 17.7 Å². The van der Waals surface area contributed by atoms with Gasteiger partial charge in [0.25, 0.3) is 0 Å². The molecule has 3 N–H and O–H groups in total. The smallest absolute Gasteiger partial charge is 0.221 e. The second-order valence-corrected chi connectivity index (χ2v) is 4.06. The van der Waals surface area contributed by atoms with Crippen LogP contribution in [0.4, 0.5) is 4.39 Å². The maximum atomic E-state index is 13.0. The normalized spacial score (nSPS) is 10.4. The molecule has 0 aliphatic rings. The Hall–Kier alpha value is -1.66. The lowest BCUT2D eigenvalue weighted by Gasteiger charge is -2.06. The molecule has 1 aromatic rings. The van der Waals surface area contributed by atoms with Gasteiger partial charge in [-0.2, -0.15) is 0 Å². The van der Waals surface area contributed by atoms with Crippen LogP contribution in [0.2, 0.25) is 0 Å². The highest BCUT2D eigenvalue weighted by Gasteiger charge is 2.02. The molecule has 0 aromatic heterocycles. The van der Waals surface area contributed by atoms with Gasteiger partial charge in [0, 0.05) is 33.2 Å². The summed E-state index contributed by atoms with van der Waals surface area (Å²) in [6.45, 7) is 1.94. The van der Waals surface area contributed by atoms with Crippen molar-refractivity contribution >= 4 is 5.91 Å². The standard InChI is InChI=1S/C13H19FN2O3/c1-19-7-6-16-13(18)4-5-15-9-10-2-3-12(17)11(14)8-10/h2-3,8,15,17H,4-7,9H2,1H3,(H,16,18). The lowest BCUT2D eigenvalue weighted by atomic mass is 10.2. The fourth-order valence-corrected chi connectivity index (χ4v) is 1.48. The number of benzene rings is 1. The van der Waals surface area contributed by atoms with Crippen LogP contribution in [0.15, 0.2) is 18.2 Å². The molecular weight excluding hydrogens is 251 g/mol. The van der Waals surface area contributed by atoms with Crippen LogP contribution in [0.3, 0.4) is 0 Å². The molecule has 0 unspecified atom stereocenters. The molecule has 5 nitrogen and oxygen atoms in total. The van der Waals surface area contributed by atoms with E-state index >= 15 is 0 Å². The van der Waals surface area contributed by atoms with Gasteiger partial charge in [0.05, 0.1) is 6.61 Å². The van der Waals surface area contributed by atoms with Crippen LogP contribution in [0, 0.1) is 5.82 Å². The fraction of sp³-hybridized carbons (Fsp3) is 0.462. The number of amides is 1. The third kappa shape index (κ3) is 6.17. The minimum Gasteiger partial charge on any atom is -0.505 e. The number of methoxy groups -OCH3 is 1. The van der Waals surface area contributed by atoms with Crippen molar-refractivity contribution in [3.8, 4) is 5.75 Å². The lowest BCUT2D eigenvalue weighted by Crippen LogP contribution is -2.29. The van der Waals surface area contributed by atoms with E-state index < -0.39 is 5.82 Å². The molecule has 0 aliphatic heterocycles. The van der Waals surface area contributed by atoms with E-state index in [1.165, 1.54) is 12.1 Å². The first-order chi connectivity index (χ1) is 9.13. The van der Waals surface area contributed by atoms with Crippen molar-refractivity contribution in [1.82, 2.24) is 10.6 Å². The molecule has 106 valence electrons. The Morgan fingerprint density at radius 3 is 2.89 bits per heavy atom. The van der Waals surface area contributed by atoms with Crippen LogP contribution in [0.1, 0.15) is 12.0 Å². The molecule has 1 aromatic carbocycles. The number of carbonyl (C=O) groups excluding carboxylic acids is 1. The zero-order valence-electron chi connectivity index (χ0n) is 10.9. The average molecular weight is 270 g/mol. The van der Waals surface area contributed by atoms with Crippen LogP contribution >= 0.6 is 0 Å². The van der Waals surface area contributed by atoms with Crippen LogP contribution in [-0.4, -0.2) is 37.8 Å². The number of nitrogens with one attached hydrogen (secondary N) is 2. The zero-order valence-corrected chi connectivity index (χ0v) is 10.9. The topological polar surface area (TPSA) is 70.6 Å². The molecule has 1 amide bonds. The van der Waals surface area contributed by atoms with Crippen molar-refractivity contribution in [2.75, 3.05) is 26.8 Å². The van der Waals surface area contributed by atoms with E-state index in [1.54, 1.807) is 13.2 Å². The molecule has 6 heteroatoms. The molecule has 0 bridgehead atoms. The maximum absolute atomic E-state index is 13.0. The summed E-state index contributed by atoms with van der Waals surface area (Å²) >= 11 is 0. The van der Waals surface area contributed by atoms with Crippen molar-refractivity contribution in [3.63, 3.8) is 0 Å². The van der Waals surface area contributed by atoms with E-state index in [1.807, 2.05) is 0 Å².